The number of fused-ring (bicyclic) bond motifs is 1. The van der Waals surface area contributed by atoms with Crippen molar-refractivity contribution in [2.75, 3.05) is 37.6 Å². The molecule has 0 unspecified atom stereocenters. The molecule has 0 spiro atoms. The topological polar surface area (TPSA) is 77.2 Å². The molecular weight excluding hydrogens is 460 g/mol. The molecule has 2 aliphatic rings. The highest BCUT2D eigenvalue weighted by atomic mass is 16.2. The first-order valence-electron chi connectivity index (χ1n) is 13.3. The normalized spacial score (nSPS) is 18.1. The number of benzene rings is 1. The average Bonchev–Trinajstić information content (AvgIpc) is 3.56. The van der Waals surface area contributed by atoms with E-state index in [-0.39, 0.29) is 11.9 Å². The van der Waals surface area contributed by atoms with Gasteiger partial charge in [-0.15, -0.1) is 0 Å². The molecule has 2 aliphatic heterocycles. The first kappa shape index (κ1) is 23.7. The number of hydrogen-bond donors (Lipinski definition) is 2. The molecule has 2 saturated heterocycles. The summed E-state index contributed by atoms with van der Waals surface area (Å²) in [5.74, 6) is 1.23. The number of nitrogens with zero attached hydrogens (tertiary/aromatic N) is 4. The molecule has 0 bridgehead atoms. The molecule has 4 aromatic rings. The molecule has 37 heavy (non-hydrogen) atoms. The molecule has 7 nitrogen and oxygen atoms in total. The van der Waals surface area contributed by atoms with Crippen molar-refractivity contribution in [1.29, 1.82) is 0 Å². The average molecular weight is 495 g/mol. The molecule has 2 fully saturated rings. The van der Waals surface area contributed by atoms with E-state index >= 15 is 0 Å². The van der Waals surface area contributed by atoms with Crippen molar-refractivity contribution in [3.05, 3.63) is 65.6 Å². The Labute approximate surface area is 217 Å². The lowest BCUT2D eigenvalue weighted by molar-refractivity contribution is -0.133. The van der Waals surface area contributed by atoms with Crippen molar-refractivity contribution in [3.8, 4) is 22.4 Å². The van der Waals surface area contributed by atoms with E-state index in [9.17, 15) is 4.79 Å². The molecule has 0 radical (unpaired) electrons. The fourth-order valence-electron chi connectivity index (χ4n) is 5.80. The molecule has 6 rings (SSSR count). The Morgan fingerprint density at radius 2 is 1.68 bits per heavy atom. The number of carbonyl (C=O) groups is 1. The molecule has 1 amide bonds. The van der Waals surface area contributed by atoms with Crippen LogP contribution in [0.4, 0.5) is 5.82 Å². The molecular formula is C30H34N6O. The number of aromatic amines is 1. The summed E-state index contributed by atoms with van der Waals surface area (Å²) in [6, 6.07) is 15.1. The maximum atomic E-state index is 12.7. The van der Waals surface area contributed by atoms with Gasteiger partial charge in [-0.05, 0) is 81.6 Å². The predicted molar refractivity (Wildman–Crippen MR) is 149 cm³/mol. The summed E-state index contributed by atoms with van der Waals surface area (Å²) in [5, 5.41) is 4.56. The molecule has 5 heterocycles. The van der Waals surface area contributed by atoms with E-state index in [1.807, 2.05) is 24.9 Å². The van der Waals surface area contributed by atoms with E-state index in [4.69, 9.17) is 4.98 Å². The lowest BCUT2D eigenvalue weighted by Crippen LogP contribution is -2.53. The van der Waals surface area contributed by atoms with Gasteiger partial charge in [0.2, 0.25) is 5.91 Å². The second-order valence-electron chi connectivity index (χ2n) is 10.4. The molecule has 2 N–H and O–H groups in total. The highest BCUT2D eigenvalue weighted by Gasteiger charge is 2.29. The van der Waals surface area contributed by atoms with E-state index in [1.54, 1.807) is 0 Å². The zero-order valence-corrected chi connectivity index (χ0v) is 21.8. The van der Waals surface area contributed by atoms with Crippen LogP contribution in [0.15, 0.2) is 48.7 Å². The van der Waals surface area contributed by atoms with Crippen molar-refractivity contribution in [1.82, 2.24) is 25.2 Å². The van der Waals surface area contributed by atoms with Gasteiger partial charge in [0.25, 0.3) is 0 Å². The van der Waals surface area contributed by atoms with Crippen LogP contribution in [0.3, 0.4) is 0 Å². The van der Waals surface area contributed by atoms with E-state index in [0.29, 0.717) is 0 Å². The summed E-state index contributed by atoms with van der Waals surface area (Å²) < 4.78 is 0. The highest BCUT2D eigenvalue weighted by molar-refractivity contribution is 5.93. The number of aromatic nitrogens is 3. The Morgan fingerprint density at radius 3 is 2.35 bits per heavy atom. The molecule has 3 aromatic heterocycles. The minimum absolute atomic E-state index is 0.0128. The van der Waals surface area contributed by atoms with Crippen LogP contribution < -0.4 is 10.2 Å². The number of pyridine rings is 2. The number of amides is 1. The maximum Gasteiger partial charge on any atom is 0.239 e. The molecule has 0 saturated carbocycles. The Balaban J connectivity index is 1.18. The Kier molecular flexibility index (Phi) is 6.16. The van der Waals surface area contributed by atoms with E-state index < -0.39 is 0 Å². The third-order valence-corrected chi connectivity index (χ3v) is 7.78. The van der Waals surface area contributed by atoms with Gasteiger partial charge in [-0.25, -0.2) is 4.98 Å². The SMILES string of the molecule is Cc1cc(-c2[nH]c3cc(-c4ccc(N5CCN(C(=O)[C@H]6CCCN6)CC5)nc4)ccc3c2C)cc(C)n1. The van der Waals surface area contributed by atoms with Gasteiger partial charge >= 0.3 is 0 Å². The quantitative estimate of drug-likeness (QED) is 0.433. The van der Waals surface area contributed by atoms with Crippen LogP contribution in [0, 0.1) is 20.8 Å². The third-order valence-electron chi connectivity index (χ3n) is 7.78. The van der Waals surface area contributed by atoms with Crippen LogP contribution in [0.25, 0.3) is 33.3 Å². The van der Waals surface area contributed by atoms with Gasteiger partial charge in [0, 0.05) is 71.5 Å². The van der Waals surface area contributed by atoms with Crippen LogP contribution in [-0.2, 0) is 4.79 Å². The first-order chi connectivity index (χ1) is 18.0. The Hall–Kier alpha value is -3.71. The van der Waals surface area contributed by atoms with Crippen LogP contribution in [0.2, 0.25) is 0 Å². The lowest BCUT2D eigenvalue weighted by Gasteiger charge is -2.36. The van der Waals surface area contributed by atoms with Gasteiger partial charge in [-0.3, -0.25) is 9.78 Å². The molecule has 7 heteroatoms. The summed E-state index contributed by atoms with van der Waals surface area (Å²) in [6.07, 6.45) is 4.01. The number of aryl methyl sites for hydroxylation is 3. The number of anilines is 1. The standard InChI is InChI=1S/C30H34N6O/c1-19-15-24(16-20(2)33-19)29-21(3)25-8-6-22(17-27(25)34-29)23-7-9-28(32-18-23)35-11-13-36(14-12-35)30(37)26-5-4-10-31-26/h6-9,15-18,26,31,34H,4-5,10-14H2,1-3H3/t26-/m1/s1. The second-order valence-corrected chi connectivity index (χ2v) is 10.4. The summed E-state index contributed by atoms with van der Waals surface area (Å²) in [4.78, 5) is 29.9. The molecule has 190 valence electrons. The van der Waals surface area contributed by atoms with E-state index in [1.165, 1.54) is 16.5 Å². The van der Waals surface area contributed by atoms with Gasteiger partial charge in [-0.2, -0.15) is 0 Å². The second kappa shape index (κ2) is 9.63. The van der Waals surface area contributed by atoms with Crippen LogP contribution >= 0.6 is 0 Å². The minimum atomic E-state index is 0.0128. The zero-order chi connectivity index (χ0) is 25.5. The van der Waals surface area contributed by atoms with Gasteiger partial charge in [0.1, 0.15) is 5.82 Å². The Bertz CT molecular complexity index is 1420. The first-order valence-corrected chi connectivity index (χ1v) is 13.3. The van der Waals surface area contributed by atoms with Crippen molar-refractivity contribution >= 4 is 22.6 Å². The smallest absolute Gasteiger partial charge is 0.239 e. The molecule has 1 atom stereocenters. The summed E-state index contributed by atoms with van der Waals surface area (Å²) in [6.45, 7) is 10.3. The van der Waals surface area contributed by atoms with Crippen LogP contribution in [0.1, 0.15) is 29.8 Å². The third kappa shape index (κ3) is 4.60. The molecule has 1 aromatic carbocycles. The van der Waals surface area contributed by atoms with Crippen LogP contribution in [-0.4, -0.2) is 64.5 Å². The number of rotatable bonds is 4. The predicted octanol–water partition coefficient (Wildman–Crippen LogP) is 4.62. The van der Waals surface area contributed by atoms with Crippen molar-refractivity contribution < 1.29 is 4.79 Å². The van der Waals surface area contributed by atoms with Gasteiger partial charge < -0.3 is 20.1 Å². The van der Waals surface area contributed by atoms with E-state index in [2.05, 4.69) is 69.6 Å². The highest BCUT2D eigenvalue weighted by Crippen LogP contribution is 2.33. The number of piperazine rings is 1. The monoisotopic (exact) mass is 494 g/mol. The fourth-order valence-corrected chi connectivity index (χ4v) is 5.80. The number of H-pyrrole nitrogens is 1. The summed E-state index contributed by atoms with van der Waals surface area (Å²) in [7, 11) is 0. The summed E-state index contributed by atoms with van der Waals surface area (Å²) >= 11 is 0. The lowest BCUT2D eigenvalue weighted by atomic mass is 10.0. The van der Waals surface area contributed by atoms with Gasteiger partial charge in [0.15, 0.2) is 0 Å². The van der Waals surface area contributed by atoms with Crippen LogP contribution in [0.5, 0.6) is 0 Å². The number of nitrogens with one attached hydrogen (secondary N) is 2. The largest absolute Gasteiger partial charge is 0.354 e. The van der Waals surface area contributed by atoms with Gasteiger partial charge in [-0.1, -0.05) is 12.1 Å². The minimum Gasteiger partial charge on any atom is -0.354 e. The zero-order valence-electron chi connectivity index (χ0n) is 21.8. The van der Waals surface area contributed by atoms with Crippen molar-refractivity contribution in [3.63, 3.8) is 0 Å². The van der Waals surface area contributed by atoms with Gasteiger partial charge in [0.05, 0.1) is 6.04 Å². The fraction of sp³-hybridized carbons (Fsp3) is 0.367. The van der Waals surface area contributed by atoms with E-state index in [0.717, 1.165) is 85.1 Å². The van der Waals surface area contributed by atoms with Crippen molar-refractivity contribution in [2.24, 2.45) is 0 Å². The summed E-state index contributed by atoms with van der Waals surface area (Å²) in [5.41, 5.74) is 8.98. The number of carbonyl (C=O) groups excluding carboxylic acids is 1. The van der Waals surface area contributed by atoms with Crippen molar-refractivity contribution in [2.45, 2.75) is 39.7 Å². The maximum absolute atomic E-state index is 12.7. The Morgan fingerprint density at radius 1 is 0.919 bits per heavy atom. The number of hydrogen-bond acceptors (Lipinski definition) is 5. The molecule has 0 aliphatic carbocycles.